The Kier molecular flexibility index (Phi) is 2.84. The van der Waals surface area contributed by atoms with E-state index in [9.17, 15) is 0 Å². The summed E-state index contributed by atoms with van der Waals surface area (Å²) in [6.45, 7) is 4.25. The molecular weight excluding hydrogens is 224 g/mol. The highest BCUT2D eigenvalue weighted by atomic mass is 15.1. The van der Waals surface area contributed by atoms with Crippen LogP contribution in [0.5, 0.6) is 0 Å². The maximum atomic E-state index is 4.61. The molecule has 0 saturated carbocycles. The fourth-order valence-electron chi connectivity index (χ4n) is 2.75. The van der Waals surface area contributed by atoms with Crippen molar-refractivity contribution >= 4 is 11.0 Å². The fourth-order valence-corrected chi connectivity index (χ4v) is 2.75. The molecule has 1 aromatic heterocycles. The minimum absolute atomic E-state index is 0.429. The molecule has 0 amide bonds. The van der Waals surface area contributed by atoms with E-state index in [-0.39, 0.29) is 0 Å². The maximum Gasteiger partial charge on any atom is 0.106 e. The summed E-state index contributed by atoms with van der Waals surface area (Å²) in [5.41, 5.74) is 3.65. The molecule has 1 saturated heterocycles. The van der Waals surface area contributed by atoms with Crippen molar-refractivity contribution in [3.8, 4) is 0 Å². The molecule has 0 spiro atoms. The Labute approximate surface area is 107 Å². The molecule has 1 aliphatic rings. The SMILES string of the molecule is CNC(c1ccc2c(c1)nc(C)n2C)C1CNC1. The monoisotopic (exact) mass is 244 g/mol. The molecule has 3 rings (SSSR count). The van der Waals surface area contributed by atoms with Gasteiger partial charge in [0.25, 0.3) is 0 Å². The number of imidazole rings is 1. The highest BCUT2D eigenvalue weighted by molar-refractivity contribution is 5.77. The Morgan fingerprint density at radius 1 is 1.44 bits per heavy atom. The molecule has 96 valence electrons. The van der Waals surface area contributed by atoms with E-state index >= 15 is 0 Å². The van der Waals surface area contributed by atoms with Crippen LogP contribution in [0.2, 0.25) is 0 Å². The van der Waals surface area contributed by atoms with Crippen LogP contribution < -0.4 is 10.6 Å². The predicted octanol–water partition coefficient (Wildman–Crippen LogP) is 1.36. The van der Waals surface area contributed by atoms with Crippen LogP contribution in [0.4, 0.5) is 0 Å². The van der Waals surface area contributed by atoms with E-state index in [1.807, 2.05) is 14.0 Å². The van der Waals surface area contributed by atoms with Gasteiger partial charge in [-0.3, -0.25) is 0 Å². The van der Waals surface area contributed by atoms with Crippen molar-refractivity contribution in [1.29, 1.82) is 0 Å². The van der Waals surface area contributed by atoms with Gasteiger partial charge in [0.1, 0.15) is 5.82 Å². The van der Waals surface area contributed by atoms with Gasteiger partial charge in [-0.2, -0.15) is 0 Å². The van der Waals surface area contributed by atoms with Crippen molar-refractivity contribution in [2.75, 3.05) is 20.1 Å². The Balaban J connectivity index is 2.01. The van der Waals surface area contributed by atoms with Crippen LogP contribution in [0.1, 0.15) is 17.4 Å². The third kappa shape index (κ3) is 1.72. The van der Waals surface area contributed by atoms with Crippen molar-refractivity contribution in [2.24, 2.45) is 13.0 Å². The molecule has 1 aromatic carbocycles. The number of hydrogen-bond acceptors (Lipinski definition) is 3. The lowest BCUT2D eigenvalue weighted by atomic mass is 9.88. The van der Waals surface area contributed by atoms with Crippen LogP contribution in [0.25, 0.3) is 11.0 Å². The Bertz CT molecular complexity index is 568. The van der Waals surface area contributed by atoms with Gasteiger partial charge in [0, 0.05) is 32.1 Å². The second kappa shape index (κ2) is 4.37. The maximum absolute atomic E-state index is 4.61. The molecule has 1 fully saturated rings. The van der Waals surface area contributed by atoms with Gasteiger partial charge in [0.15, 0.2) is 0 Å². The molecule has 2 N–H and O–H groups in total. The van der Waals surface area contributed by atoms with E-state index in [4.69, 9.17) is 0 Å². The number of benzene rings is 1. The van der Waals surface area contributed by atoms with E-state index in [1.165, 1.54) is 11.1 Å². The number of aromatic nitrogens is 2. The van der Waals surface area contributed by atoms with E-state index < -0.39 is 0 Å². The summed E-state index contributed by atoms with van der Waals surface area (Å²) in [5.74, 6) is 1.76. The molecule has 1 aliphatic heterocycles. The van der Waals surface area contributed by atoms with Crippen molar-refractivity contribution in [3.63, 3.8) is 0 Å². The topological polar surface area (TPSA) is 41.9 Å². The van der Waals surface area contributed by atoms with Gasteiger partial charge in [-0.05, 0) is 31.7 Å². The lowest BCUT2D eigenvalue weighted by Gasteiger charge is -2.34. The largest absolute Gasteiger partial charge is 0.331 e. The lowest BCUT2D eigenvalue weighted by molar-refractivity contribution is 0.268. The first-order valence-corrected chi connectivity index (χ1v) is 6.51. The van der Waals surface area contributed by atoms with Crippen LogP contribution in [-0.4, -0.2) is 29.7 Å². The first-order chi connectivity index (χ1) is 8.70. The van der Waals surface area contributed by atoms with Crippen LogP contribution >= 0.6 is 0 Å². The number of nitrogens with one attached hydrogen (secondary N) is 2. The number of rotatable bonds is 3. The smallest absolute Gasteiger partial charge is 0.106 e. The van der Waals surface area contributed by atoms with Crippen LogP contribution in [0.3, 0.4) is 0 Å². The Morgan fingerprint density at radius 2 is 2.22 bits per heavy atom. The quantitative estimate of drug-likeness (QED) is 0.856. The summed E-state index contributed by atoms with van der Waals surface area (Å²) in [7, 11) is 4.10. The van der Waals surface area contributed by atoms with Crippen molar-refractivity contribution < 1.29 is 0 Å². The van der Waals surface area contributed by atoms with Gasteiger partial charge in [0.05, 0.1) is 11.0 Å². The second-order valence-electron chi connectivity index (χ2n) is 5.15. The van der Waals surface area contributed by atoms with Gasteiger partial charge >= 0.3 is 0 Å². The van der Waals surface area contributed by atoms with Gasteiger partial charge in [-0.25, -0.2) is 4.98 Å². The number of hydrogen-bond donors (Lipinski definition) is 2. The van der Waals surface area contributed by atoms with Gasteiger partial charge in [-0.15, -0.1) is 0 Å². The summed E-state index contributed by atoms with van der Waals surface area (Å²) in [6.07, 6.45) is 0. The van der Waals surface area contributed by atoms with Crippen LogP contribution in [0.15, 0.2) is 18.2 Å². The zero-order chi connectivity index (χ0) is 12.7. The van der Waals surface area contributed by atoms with Gasteiger partial charge in [0.2, 0.25) is 0 Å². The Morgan fingerprint density at radius 3 is 2.83 bits per heavy atom. The Hall–Kier alpha value is -1.39. The molecule has 0 bridgehead atoms. The molecule has 4 heteroatoms. The molecule has 2 aromatic rings. The minimum atomic E-state index is 0.429. The van der Waals surface area contributed by atoms with Gasteiger partial charge in [-0.1, -0.05) is 6.07 Å². The first-order valence-electron chi connectivity index (χ1n) is 6.51. The summed E-state index contributed by atoms with van der Waals surface area (Å²) >= 11 is 0. The molecule has 0 aliphatic carbocycles. The molecule has 4 nitrogen and oxygen atoms in total. The summed E-state index contributed by atoms with van der Waals surface area (Å²) in [6, 6.07) is 7.06. The summed E-state index contributed by atoms with van der Waals surface area (Å²) in [5, 5.41) is 6.77. The standard InChI is InChI=1S/C14H20N4/c1-9-17-12-6-10(4-5-13(12)18(9)3)14(15-2)11-7-16-8-11/h4-6,11,14-16H,7-8H2,1-3H3. The molecule has 1 unspecified atom stereocenters. The number of aryl methyl sites for hydroxylation is 2. The molecular formula is C14H20N4. The zero-order valence-corrected chi connectivity index (χ0v) is 11.2. The van der Waals surface area contributed by atoms with E-state index in [2.05, 4.69) is 45.4 Å². The lowest BCUT2D eigenvalue weighted by Crippen LogP contribution is -2.48. The van der Waals surface area contributed by atoms with Crippen molar-refractivity contribution in [3.05, 3.63) is 29.6 Å². The van der Waals surface area contributed by atoms with Crippen molar-refractivity contribution in [2.45, 2.75) is 13.0 Å². The van der Waals surface area contributed by atoms with E-state index in [1.54, 1.807) is 0 Å². The molecule has 18 heavy (non-hydrogen) atoms. The average molecular weight is 244 g/mol. The third-order valence-electron chi connectivity index (χ3n) is 4.08. The number of fused-ring (bicyclic) bond motifs is 1. The summed E-state index contributed by atoms with van der Waals surface area (Å²) < 4.78 is 2.14. The normalized spacial score (nSPS) is 17.9. The number of nitrogens with zero attached hydrogens (tertiary/aromatic N) is 2. The fraction of sp³-hybridized carbons (Fsp3) is 0.500. The van der Waals surface area contributed by atoms with Crippen molar-refractivity contribution in [1.82, 2.24) is 20.2 Å². The minimum Gasteiger partial charge on any atom is -0.331 e. The van der Waals surface area contributed by atoms with E-state index in [0.717, 1.165) is 24.4 Å². The third-order valence-corrected chi connectivity index (χ3v) is 4.08. The van der Waals surface area contributed by atoms with E-state index in [0.29, 0.717) is 12.0 Å². The molecule has 1 atom stereocenters. The first kappa shape index (κ1) is 11.7. The zero-order valence-electron chi connectivity index (χ0n) is 11.2. The second-order valence-corrected chi connectivity index (χ2v) is 5.15. The summed E-state index contributed by atoms with van der Waals surface area (Å²) in [4.78, 5) is 4.61. The molecule has 2 heterocycles. The molecule has 0 radical (unpaired) electrons. The highest BCUT2D eigenvalue weighted by Gasteiger charge is 2.27. The average Bonchev–Trinajstić information content (AvgIpc) is 2.59. The van der Waals surface area contributed by atoms with Crippen LogP contribution in [0, 0.1) is 12.8 Å². The predicted molar refractivity (Wildman–Crippen MR) is 73.6 cm³/mol. The van der Waals surface area contributed by atoms with Gasteiger partial charge < -0.3 is 15.2 Å². The van der Waals surface area contributed by atoms with Crippen LogP contribution in [-0.2, 0) is 7.05 Å². The highest BCUT2D eigenvalue weighted by Crippen LogP contribution is 2.27.